The minimum atomic E-state index is 0.0207. The van der Waals surface area contributed by atoms with Gasteiger partial charge in [-0.25, -0.2) is 0 Å². The van der Waals surface area contributed by atoms with E-state index in [9.17, 15) is 0 Å². The fourth-order valence-electron chi connectivity index (χ4n) is 3.22. The van der Waals surface area contributed by atoms with Crippen molar-refractivity contribution in [1.29, 1.82) is 0 Å². The van der Waals surface area contributed by atoms with Gasteiger partial charge in [-0.1, -0.05) is 64.4 Å². The Bertz CT molecular complexity index is 732. The van der Waals surface area contributed by atoms with Crippen molar-refractivity contribution in [3.63, 3.8) is 0 Å². The molecular formula is C22H32NO2P. The fourth-order valence-corrected chi connectivity index (χ4v) is 4.81. The Labute approximate surface area is 160 Å². The molecule has 1 N–H and O–H groups in total. The van der Waals surface area contributed by atoms with Crippen LogP contribution in [0.25, 0.3) is 0 Å². The molecule has 0 aliphatic rings. The number of ether oxygens (including phenoxy) is 2. The second-order valence-corrected chi connectivity index (χ2v) is 8.90. The third-order valence-electron chi connectivity index (χ3n) is 4.87. The number of rotatable bonds is 9. The van der Waals surface area contributed by atoms with Crippen molar-refractivity contribution in [2.24, 2.45) is 0 Å². The predicted molar refractivity (Wildman–Crippen MR) is 113 cm³/mol. The molecule has 2 atom stereocenters. The van der Waals surface area contributed by atoms with Gasteiger partial charge in [0.1, 0.15) is 5.75 Å². The number of aryl methyl sites for hydroxylation is 2. The molecule has 0 spiro atoms. The Balaban J connectivity index is 2.45. The highest BCUT2D eigenvalue weighted by Crippen LogP contribution is 2.48. The van der Waals surface area contributed by atoms with Crippen LogP contribution in [0.4, 0.5) is 0 Å². The summed E-state index contributed by atoms with van der Waals surface area (Å²) in [5.74, 6) is 0.966. The molecule has 0 saturated carbocycles. The summed E-state index contributed by atoms with van der Waals surface area (Å²) in [6, 6.07) is 13.3. The average molecular weight is 373 g/mol. The van der Waals surface area contributed by atoms with E-state index in [1.807, 2.05) is 7.05 Å². The topological polar surface area (TPSA) is 30.5 Å². The third-order valence-corrected chi connectivity index (χ3v) is 6.80. The van der Waals surface area contributed by atoms with Crippen LogP contribution >= 0.6 is 8.58 Å². The molecule has 2 unspecified atom stereocenters. The molecule has 0 saturated heterocycles. The summed E-state index contributed by atoms with van der Waals surface area (Å²) in [7, 11) is 4.34. The zero-order valence-electron chi connectivity index (χ0n) is 16.9. The van der Waals surface area contributed by atoms with Crippen molar-refractivity contribution >= 4 is 13.9 Å². The van der Waals surface area contributed by atoms with E-state index in [-0.39, 0.29) is 11.9 Å². The molecule has 0 bridgehead atoms. The molecule has 26 heavy (non-hydrogen) atoms. The molecule has 4 heteroatoms. The van der Waals surface area contributed by atoms with Crippen molar-refractivity contribution in [1.82, 2.24) is 5.32 Å². The number of para-hydroxylation sites is 1. The summed E-state index contributed by atoms with van der Waals surface area (Å²) in [6.07, 6.45) is 1.05. The largest absolute Gasteiger partial charge is 0.467 e. The van der Waals surface area contributed by atoms with Gasteiger partial charge < -0.3 is 14.8 Å². The van der Waals surface area contributed by atoms with Crippen LogP contribution < -0.4 is 15.4 Å². The highest BCUT2D eigenvalue weighted by Gasteiger charge is 2.30. The van der Waals surface area contributed by atoms with Crippen LogP contribution in [0.15, 0.2) is 36.4 Å². The van der Waals surface area contributed by atoms with Gasteiger partial charge in [-0.3, -0.25) is 0 Å². The lowest BCUT2D eigenvalue weighted by molar-refractivity contribution is 0.0495. The first-order valence-electron chi connectivity index (χ1n) is 9.19. The predicted octanol–water partition coefficient (Wildman–Crippen LogP) is 4.63. The normalized spacial score (nSPS) is 13.9. The molecule has 0 heterocycles. The summed E-state index contributed by atoms with van der Waals surface area (Å²) >= 11 is 0. The van der Waals surface area contributed by atoms with E-state index in [2.05, 4.69) is 69.4 Å². The van der Waals surface area contributed by atoms with Gasteiger partial charge in [-0.05, 0) is 43.7 Å². The van der Waals surface area contributed by atoms with E-state index >= 15 is 0 Å². The first-order chi connectivity index (χ1) is 12.4. The molecule has 3 nitrogen and oxygen atoms in total. The second-order valence-electron chi connectivity index (χ2n) is 7.00. The Morgan fingerprint density at radius 1 is 1.15 bits per heavy atom. The molecule has 0 fully saturated rings. The van der Waals surface area contributed by atoms with E-state index < -0.39 is 0 Å². The van der Waals surface area contributed by atoms with Crippen LogP contribution in [0.5, 0.6) is 5.75 Å². The van der Waals surface area contributed by atoms with Crippen molar-refractivity contribution in [2.45, 2.75) is 45.8 Å². The van der Waals surface area contributed by atoms with Crippen LogP contribution in [0.2, 0.25) is 0 Å². The molecule has 0 radical (unpaired) electrons. The molecular weight excluding hydrogens is 341 g/mol. The first-order valence-corrected chi connectivity index (χ1v) is 10.2. The van der Waals surface area contributed by atoms with E-state index in [4.69, 9.17) is 9.47 Å². The molecule has 0 aliphatic carbocycles. The van der Waals surface area contributed by atoms with Crippen molar-refractivity contribution in [3.8, 4) is 5.75 Å². The molecule has 2 rings (SSSR count). The van der Waals surface area contributed by atoms with Gasteiger partial charge in [0.05, 0.1) is 0 Å². The lowest BCUT2D eigenvalue weighted by Gasteiger charge is -2.32. The van der Waals surface area contributed by atoms with Gasteiger partial charge >= 0.3 is 0 Å². The average Bonchev–Trinajstić information content (AvgIpc) is 2.63. The first kappa shape index (κ1) is 20.9. The second kappa shape index (κ2) is 9.50. The number of methoxy groups -OCH3 is 1. The van der Waals surface area contributed by atoms with E-state index in [0.717, 1.165) is 24.3 Å². The standard InChI is InChI=1S/C22H32NO2P/c1-7-22(4,19-10-8-9-17(3)21(19)25-15-24-6)26-20-12-11-16(2)13-18(20)14-23-5/h8-13,23,26H,7,14-15H2,1-6H3. The minimum absolute atomic E-state index is 0.0207. The van der Waals surface area contributed by atoms with E-state index in [1.165, 1.54) is 22.0 Å². The number of hydrogen-bond donors (Lipinski definition) is 1. The lowest BCUT2D eigenvalue weighted by Crippen LogP contribution is -2.23. The van der Waals surface area contributed by atoms with Gasteiger partial charge in [-0.15, -0.1) is 0 Å². The molecule has 0 amide bonds. The van der Waals surface area contributed by atoms with Gasteiger partial charge in [0.25, 0.3) is 0 Å². The third kappa shape index (κ3) is 4.85. The zero-order chi connectivity index (χ0) is 19.2. The van der Waals surface area contributed by atoms with E-state index in [0.29, 0.717) is 8.58 Å². The van der Waals surface area contributed by atoms with Gasteiger partial charge in [0.2, 0.25) is 0 Å². The SMILES string of the molecule is CCC(C)(Pc1ccc(C)cc1CNC)c1cccc(C)c1OCOC. The number of nitrogens with one attached hydrogen (secondary N) is 1. The maximum atomic E-state index is 5.97. The fraction of sp³-hybridized carbons (Fsp3) is 0.455. The Morgan fingerprint density at radius 2 is 1.92 bits per heavy atom. The van der Waals surface area contributed by atoms with Crippen molar-refractivity contribution in [3.05, 3.63) is 58.7 Å². The van der Waals surface area contributed by atoms with Crippen LogP contribution in [0.3, 0.4) is 0 Å². The van der Waals surface area contributed by atoms with Crippen molar-refractivity contribution < 1.29 is 9.47 Å². The minimum Gasteiger partial charge on any atom is -0.467 e. The summed E-state index contributed by atoms with van der Waals surface area (Å²) in [5.41, 5.74) is 5.12. The summed E-state index contributed by atoms with van der Waals surface area (Å²) in [6.45, 7) is 10.0. The maximum Gasteiger partial charge on any atom is 0.188 e. The summed E-state index contributed by atoms with van der Waals surface area (Å²) in [4.78, 5) is 0. The molecule has 0 aliphatic heterocycles. The highest BCUT2D eigenvalue weighted by atomic mass is 31.1. The van der Waals surface area contributed by atoms with Crippen LogP contribution in [0.1, 0.15) is 42.5 Å². The van der Waals surface area contributed by atoms with Crippen LogP contribution in [0, 0.1) is 13.8 Å². The highest BCUT2D eigenvalue weighted by molar-refractivity contribution is 7.48. The van der Waals surface area contributed by atoms with E-state index in [1.54, 1.807) is 7.11 Å². The van der Waals surface area contributed by atoms with Gasteiger partial charge in [0.15, 0.2) is 6.79 Å². The molecule has 0 aromatic heterocycles. The number of hydrogen-bond acceptors (Lipinski definition) is 3. The van der Waals surface area contributed by atoms with Crippen LogP contribution in [-0.4, -0.2) is 21.0 Å². The van der Waals surface area contributed by atoms with Gasteiger partial charge in [0, 0.05) is 24.4 Å². The molecule has 142 valence electrons. The van der Waals surface area contributed by atoms with Crippen LogP contribution in [-0.2, 0) is 16.4 Å². The summed E-state index contributed by atoms with van der Waals surface area (Å²) in [5, 5.41) is 4.75. The maximum absolute atomic E-state index is 5.97. The monoisotopic (exact) mass is 373 g/mol. The summed E-state index contributed by atoms with van der Waals surface area (Å²) < 4.78 is 11.1. The quantitative estimate of drug-likeness (QED) is 0.513. The lowest BCUT2D eigenvalue weighted by atomic mass is 9.94. The molecule has 2 aromatic carbocycles. The Hall–Kier alpha value is -1.41. The zero-order valence-corrected chi connectivity index (χ0v) is 17.9. The smallest absolute Gasteiger partial charge is 0.188 e. The Kier molecular flexibility index (Phi) is 7.64. The molecule has 2 aromatic rings. The number of benzene rings is 2. The Morgan fingerprint density at radius 3 is 2.58 bits per heavy atom. The van der Waals surface area contributed by atoms with Gasteiger partial charge in [-0.2, -0.15) is 0 Å². The van der Waals surface area contributed by atoms with Crippen molar-refractivity contribution in [2.75, 3.05) is 21.0 Å².